The highest BCUT2D eigenvalue weighted by Gasteiger charge is 2.30. The molecule has 0 bridgehead atoms. The maximum absolute atomic E-state index is 12.8. The van der Waals surface area contributed by atoms with Crippen molar-refractivity contribution in [3.63, 3.8) is 0 Å². The molecule has 0 atom stereocenters. The van der Waals surface area contributed by atoms with Crippen molar-refractivity contribution >= 4 is 17.4 Å². The second kappa shape index (κ2) is 8.52. The van der Waals surface area contributed by atoms with Crippen molar-refractivity contribution in [3.05, 3.63) is 71.4 Å². The number of aromatic nitrogens is 2. The third-order valence-electron chi connectivity index (χ3n) is 4.61. The molecule has 3 aromatic rings. The van der Waals surface area contributed by atoms with E-state index < -0.39 is 17.6 Å². The summed E-state index contributed by atoms with van der Waals surface area (Å²) in [6.45, 7) is 1.93. The van der Waals surface area contributed by atoms with Crippen molar-refractivity contribution < 1.29 is 22.8 Å². The normalized spacial score (nSPS) is 11.4. The highest BCUT2D eigenvalue weighted by atomic mass is 19.4. The number of carbonyl (C=O) groups excluding carboxylic acids is 2. The predicted molar refractivity (Wildman–Crippen MR) is 107 cm³/mol. The van der Waals surface area contributed by atoms with Crippen LogP contribution >= 0.6 is 0 Å². The lowest BCUT2D eigenvalue weighted by molar-refractivity contribution is -0.137. The Labute approximate surface area is 171 Å². The number of hydrogen-bond donors (Lipinski definition) is 1. The van der Waals surface area contributed by atoms with Crippen molar-refractivity contribution in [1.29, 1.82) is 0 Å². The minimum Gasteiger partial charge on any atom is -0.322 e. The Morgan fingerprint density at radius 2 is 1.67 bits per heavy atom. The first-order chi connectivity index (χ1) is 14.2. The quantitative estimate of drug-likeness (QED) is 0.553. The highest BCUT2D eigenvalue weighted by molar-refractivity contribution is 6.08. The van der Waals surface area contributed by atoms with Gasteiger partial charge in [-0.05, 0) is 42.8 Å². The number of anilines is 1. The maximum atomic E-state index is 12.8. The van der Waals surface area contributed by atoms with Crippen molar-refractivity contribution in [3.8, 4) is 11.3 Å². The van der Waals surface area contributed by atoms with Gasteiger partial charge in [-0.2, -0.15) is 18.3 Å². The topological polar surface area (TPSA) is 64.0 Å². The molecule has 1 N–H and O–H groups in total. The van der Waals surface area contributed by atoms with E-state index >= 15 is 0 Å². The summed E-state index contributed by atoms with van der Waals surface area (Å²) in [5, 5.41) is 6.81. The van der Waals surface area contributed by atoms with Crippen LogP contribution in [0.4, 0.5) is 18.9 Å². The Balaban J connectivity index is 1.82. The molecule has 1 amide bonds. The van der Waals surface area contributed by atoms with E-state index in [2.05, 4.69) is 10.4 Å². The molecule has 30 heavy (non-hydrogen) atoms. The fraction of sp³-hybridized carbons (Fsp3) is 0.227. The monoisotopic (exact) mass is 415 g/mol. The van der Waals surface area contributed by atoms with Gasteiger partial charge in [-0.15, -0.1) is 0 Å². The molecular formula is C22H20F3N3O2. The van der Waals surface area contributed by atoms with Crippen molar-refractivity contribution in [2.75, 3.05) is 5.32 Å². The molecule has 5 nitrogen and oxygen atoms in total. The number of amides is 1. The highest BCUT2D eigenvalue weighted by Crippen LogP contribution is 2.32. The Morgan fingerprint density at radius 3 is 2.23 bits per heavy atom. The lowest BCUT2D eigenvalue weighted by Crippen LogP contribution is -2.13. The molecular weight excluding hydrogens is 395 g/mol. The van der Waals surface area contributed by atoms with E-state index in [4.69, 9.17) is 0 Å². The van der Waals surface area contributed by atoms with Gasteiger partial charge in [0, 0.05) is 30.3 Å². The first-order valence-electron chi connectivity index (χ1n) is 9.35. The van der Waals surface area contributed by atoms with Crippen LogP contribution in [0.15, 0.2) is 54.7 Å². The number of Topliss-reactive ketones (excluding diaryl/α,β-unsaturated/α-hetero) is 1. The van der Waals surface area contributed by atoms with Gasteiger partial charge in [0.15, 0.2) is 5.78 Å². The van der Waals surface area contributed by atoms with Crippen LogP contribution in [0.2, 0.25) is 0 Å². The van der Waals surface area contributed by atoms with E-state index in [1.165, 1.54) is 23.0 Å². The van der Waals surface area contributed by atoms with Crippen LogP contribution in [0.5, 0.6) is 0 Å². The summed E-state index contributed by atoms with van der Waals surface area (Å²) >= 11 is 0. The van der Waals surface area contributed by atoms with E-state index in [9.17, 15) is 22.8 Å². The average molecular weight is 415 g/mol. The third-order valence-corrected chi connectivity index (χ3v) is 4.61. The van der Waals surface area contributed by atoms with Crippen LogP contribution < -0.4 is 5.32 Å². The van der Waals surface area contributed by atoms with Crippen molar-refractivity contribution in [2.45, 2.75) is 25.9 Å². The Bertz CT molecular complexity index is 1050. The zero-order valence-corrected chi connectivity index (χ0v) is 16.5. The number of nitrogens with one attached hydrogen (secondary N) is 1. The summed E-state index contributed by atoms with van der Waals surface area (Å²) in [7, 11) is 1.61. The summed E-state index contributed by atoms with van der Waals surface area (Å²) in [4.78, 5) is 24.7. The van der Waals surface area contributed by atoms with Gasteiger partial charge in [-0.25, -0.2) is 0 Å². The predicted octanol–water partition coefficient (Wildman–Crippen LogP) is 5.34. The smallest absolute Gasteiger partial charge is 0.322 e. The molecule has 156 valence electrons. The molecule has 8 heteroatoms. The largest absolute Gasteiger partial charge is 0.416 e. The van der Waals surface area contributed by atoms with Crippen LogP contribution in [0.3, 0.4) is 0 Å². The number of aryl methyl sites for hydroxylation is 1. The molecule has 0 aliphatic heterocycles. The van der Waals surface area contributed by atoms with Gasteiger partial charge in [-0.3, -0.25) is 14.3 Å². The van der Waals surface area contributed by atoms with Crippen LogP contribution in [-0.2, 0) is 13.2 Å². The van der Waals surface area contributed by atoms with E-state index in [1.807, 2.05) is 6.92 Å². The number of carbonyl (C=O) groups is 2. The van der Waals surface area contributed by atoms with Crippen LogP contribution in [0.25, 0.3) is 11.3 Å². The number of alkyl halides is 3. The number of hydrogen-bond acceptors (Lipinski definition) is 3. The van der Waals surface area contributed by atoms with E-state index in [-0.39, 0.29) is 11.3 Å². The first kappa shape index (κ1) is 21.3. The summed E-state index contributed by atoms with van der Waals surface area (Å²) in [6, 6.07) is 11.1. The minimum absolute atomic E-state index is 0.0345. The van der Waals surface area contributed by atoms with Gasteiger partial charge in [0.2, 0.25) is 0 Å². The van der Waals surface area contributed by atoms with Gasteiger partial charge in [0.05, 0.1) is 23.0 Å². The summed E-state index contributed by atoms with van der Waals surface area (Å²) in [5.41, 5.74) is 1.36. The van der Waals surface area contributed by atoms with Crippen LogP contribution in [0.1, 0.15) is 46.0 Å². The number of nitrogens with zero attached hydrogens (tertiary/aromatic N) is 2. The van der Waals surface area contributed by atoms with Gasteiger partial charge >= 0.3 is 6.18 Å². The summed E-state index contributed by atoms with van der Waals surface area (Å²) in [6.07, 6.45) is -1.86. The molecule has 0 fully saturated rings. The Hall–Kier alpha value is -3.42. The zero-order valence-electron chi connectivity index (χ0n) is 16.5. The molecule has 0 radical (unpaired) electrons. The summed E-state index contributed by atoms with van der Waals surface area (Å²) < 4.78 is 39.9. The maximum Gasteiger partial charge on any atom is 0.416 e. The molecule has 0 saturated heterocycles. The molecule has 0 saturated carbocycles. The molecule has 0 aliphatic rings. The van der Waals surface area contributed by atoms with Gasteiger partial charge in [0.25, 0.3) is 5.91 Å². The Morgan fingerprint density at radius 1 is 1.03 bits per heavy atom. The molecule has 0 aliphatic carbocycles. The fourth-order valence-electron chi connectivity index (χ4n) is 3.07. The second-order valence-electron chi connectivity index (χ2n) is 6.81. The van der Waals surface area contributed by atoms with E-state index in [0.29, 0.717) is 28.9 Å². The SMILES string of the molecule is CCCC(=O)c1ccc(NC(=O)c2cnn(C)c2-c2ccc(C(F)(F)F)cc2)cc1. The molecule has 3 rings (SSSR count). The number of rotatable bonds is 6. The van der Waals surface area contributed by atoms with Gasteiger partial charge in [-0.1, -0.05) is 19.1 Å². The van der Waals surface area contributed by atoms with Crippen LogP contribution in [-0.4, -0.2) is 21.5 Å². The van der Waals surface area contributed by atoms with Gasteiger partial charge < -0.3 is 5.32 Å². The fourth-order valence-corrected chi connectivity index (χ4v) is 3.07. The number of benzene rings is 2. The lowest BCUT2D eigenvalue weighted by Gasteiger charge is -2.10. The lowest BCUT2D eigenvalue weighted by atomic mass is 10.0. The zero-order chi connectivity index (χ0) is 21.9. The molecule has 1 heterocycles. The minimum atomic E-state index is -4.43. The van der Waals surface area contributed by atoms with Gasteiger partial charge in [0.1, 0.15) is 0 Å². The average Bonchev–Trinajstić information content (AvgIpc) is 3.09. The molecule has 1 aromatic heterocycles. The van der Waals surface area contributed by atoms with Crippen LogP contribution in [0, 0.1) is 0 Å². The molecule has 0 spiro atoms. The van der Waals surface area contributed by atoms with Crippen molar-refractivity contribution in [2.24, 2.45) is 7.05 Å². The summed E-state index contributed by atoms with van der Waals surface area (Å²) in [5.74, 6) is -0.419. The Kier molecular flexibility index (Phi) is 6.05. The number of ketones is 1. The van der Waals surface area contributed by atoms with E-state index in [0.717, 1.165) is 18.6 Å². The molecule has 2 aromatic carbocycles. The van der Waals surface area contributed by atoms with E-state index in [1.54, 1.807) is 31.3 Å². The number of halogens is 3. The molecule has 0 unspecified atom stereocenters. The van der Waals surface area contributed by atoms with Crippen molar-refractivity contribution in [1.82, 2.24) is 9.78 Å². The second-order valence-corrected chi connectivity index (χ2v) is 6.81. The standard InChI is InChI=1S/C22H20F3N3O2/c1-3-4-19(29)14-7-11-17(12-8-14)27-21(30)18-13-26-28(2)20(18)15-5-9-16(10-6-15)22(23,24)25/h5-13H,3-4H2,1-2H3,(H,27,30). The third kappa shape index (κ3) is 4.59. The first-order valence-corrected chi connectivity index (χ1v) is 9.35.